The highest BCUT2D eigenvalue weighted by atomic mass is 32.1. The molecule has 2 rings (SSSR count). The Hall–Kier alpha value is -0.410. The van der Waals surface area contributed by atoms with Gasteiger partial charge in [-0.15, -0.1) is 0 Å². The lowest BCUT2D eigenvalue weighted by Gasteiger charge is -2.23. The summed E-state index contributed by atoms with van der Waals surface area (Å²) in [4.78, 5) is 1.52. The Balaban J connectivity index is 2.17. The van der Waals surface area contributed by atoms with E-state index in [1.807, 2.05) is 0 Å². The van der Waals surface area contributed by atoms with Crippen LogP contribution in [0.5, 0.6) is 0 Å². The molecule has 0 saturated carbocycles. The van der Waals surface area contributed by atoms with Crippen molar-refractivity contribution >= 4 is 11.5 Å². The van der Waals surface area contributed by atoms with Gasteiger partial charge in [-0.05, 0) is 42.4 Å². The molecule has 0 amide bonds. The molecule has 3 heteroatoms. The van der Waals surface area contributed by atoms with E-state index in [4.69, 9.17) is 0 Å². The van der Waals surface area contributed by atoms with Crippen molar-refractivity contribution in [3.05, 3.63) is 16.6 Å². The van der Waals surface area contributed by atoms with E-state index in [0.717, 1.165) is 6.54 Å². The minimum atomic E-state index is 0.616. The van der Waals surface area contributed by atoms with E-state index in [1.54, 1.807) is 11.5 Å². The first-order valence-corrected chi connectivity index (χ1v) is 6.21. The maximum Gasteiger partial charge on any atom is 0.0444 e. The Morgan fingerprint density at radius 3 is 3.07 bits per heavy atom. The van der Waals surface area contributed by atoms with Crippen LogP contribution in [-0.2, 0) is 0 Å². The van der Waals surface area contributed by atoms with Gasteiger partial charge in [-0.1, -0.05) is 13.8 Å². The molecule has 14 heavy (non-hydrogen) atoms. The lowest BCUT2D eigenvalue weighted by atomic mass is 9.92. The molecule has 2 heterocycles. The van der Waals surface area contributed by atoms with Gasteiger partial charge >= 0.3 is 0 Å². The quantitative estimate of drug-likeness (QED) is 0.812. The Kier molecular flexibility index (Phi) is 3.19. The third kappa shape index (κ3) is 1.98. The van der Waals surface area contributed by atoms with Gasteiger partial charge in [-0.3, -0.25) is 0 Å². The predicted octanol–water partition coefficient (Wildman–Crippen LogP) is 2.73. The van der Waals surface area contributed by atoms with Crippen LogP contribution < -0.4 is 5.32 Å². The van der Waals surface area contributed by atoms with Gasteiger partial charge in [0.15, 0.2) is 0 Å². The largest absolute Gasteiger partial charge is 0.316 e. The van der Waals surface area contributed by atoms with Crippen LogP contribution in [0.3, 0.4) is 0 Å². The molecule has 1 unspecified atom stereocenters. The summed E-state index contributed by atoms with van der Waals surface area (Å²) in [6.45, 7) is 6.83. The second-order valence-electron chi connectivity index (χ2n) is 4.34. The molecule has 0 bridgehead atoms. The molecule has 0 radical (unpaired) electrons. The van der Waals surface area contributed by atoms with Crippen LogP contribution >= 0.6 is 11.5 Å². The third-order valence-corrected chi connectivity index (χ3v) is 3.89. The fourth-order valence-corrected chi connectivity index (χ4v) is 3.10. The van der Waals surface area contributed by atoms with Gasteiger partial charge in [0, 0.05) is 23.5 Å². The third-order valence-electron chi connectivity index (χ3n) is 2.92. The summed E-state index contributed by atoms with van der Waals surface area (Å²) in [6, 6.07) is 0. The minimum Gasteiger partial charge on any atom is -0.316 e. The summed E-state index contributed by atoms with van der Waals surface area (Å²) in [7, 11) is 0. The summed E-state index contributed by atoms with van der Waals surface area (Å²) in [6.07, 6.45) is 4.69. The van der Waals surface area contributed by atoms with E-state index >= 15 is 0 Å². The van der Waals surface area contributed by atoms with Gasteiger partial charge in [0.05, 0.1) is 0 Å². The Labute approximate surface area is 89.9 Å². The fourth-order valence-electron chi connectivity index (χ4n) is 2.08. The Morgan fingerprint density at radius 2 is 2.43 bits per heavy atom. The average Bonchev–Trinajstić information content (AvgIpc) is 2.67. The minimum absolute atomic E-state index is 0.616. The van der Waals surface area contributed by atoms with Crippen molar-refractivity contribution in [3.63, 3.8) is 0 Å². The van der Waals surface area contributed by atoms with E-state index in [9.17, 15) is 0 Å². The van der Waals surface area contributed by atoms with Crippen molar-refractivity contribution in [1.82, 2.24) is 9.69 Å². The highest BCUT2D eigenvalue weighted by Crippen LogP contribution is 2.32. The zero-order valence-corrected chi connectivity index (χ0v) is 9.73. The van der Waals surface area contributed by atoms with Crippen LogP contribution in [0.25, 0.3) is 0 Å². The number of rotatable bonds is 2. The van der Waals surface area contributed by atoms with Crippen molar-refractivity contribution in [2.75, 3.05) is 13.1 Å². The number of aromatic nitrogens is 1. The lowest BCUT2D eigenvalue weighted by molar-refractivity contribution is 0.463. The number of nitrogens with one attached hydrogen (secondary N) is 1. The molecular weight excluding hydrogens is 192 g/mol. The fraction of sp³-hybridized carbons (Fsp3) is 0.727. The Morgan fingerprint density at radius 1 is 1.57 bits per heavy atom. The molecule has 1 atom stereocenters. The summed E-state index contributed by atoms with van der Waals surface area (Å²) < 4.78 is 4.33. The van der Waals surface area contributed by atoms with E-state index in [2.05, 4.69) is 29.7 Å². The second-order valence-corrected chi connectivity index (χ2v) is 5.18. The van der Waals surface area contributed by atoms with Gasteiger partial charge < -0.3 is 5.32 Å². The molecule has 1 aliphatic heterocycles. The monoisotopic (exact) mass is 210 g/mol. The van der Waals surface area contributed by atoms with Crippen LogP contribution in [0.2, 0.25) is 0 Å². The molecule has 0 aromatic carbocycles. The van der Waals surface area contributed by atoms with Crippen LogP contribution in [-0.4, -0.2) is 17.5 Å². The first kappa shape index (κ1) is 10.1. The second kappa shape index (κ2) is 4.41. The molecule has 1 aromatic rings. The highest BCUT2D eigenvalue weighted by Gasteiger charge is 2.21. The maximum absolute atomic E-state index is 4.33. The molecule has 1 aliphatic rings. The van der Waals surface area contributed by atoms with Gasteiger partial charge in [0.1, 0.15) is 0 Å². The number of nitrogens with zero attached hydrogens (tertiary/aromatic N) is 1. The zero-order valence-electron chi connectivity index (χ0n) is 8.92. The van der Waals surface area contributed by atoms with Crippen LogP contribution in [0.4, 0.5) is 0 Å². The molecule has 78 valence electrons. The molecule has 1 saturated heterocycles. The molecule has 1 N–H and O–H groups in total. The Bertz CT molecular complexity index is 287. The van der Waals surface area contributed by atoms with E-state index in [1.165, 1.54) is 29.8 Å². The predicted molar refractivity (Wildman–Crippen MR) is 61.0 cm³/mol. The summed E-state index contributed by atoms with van der Waals surface area (Å²) in [5.41, 5.74) is 1.46. The van der Waals surface area contributed by atoms with Gasteiger partial charge in [0.25, 0.3) is 0 Å². The number of hydrogen-bond donors (Lipinski definition) is 1. The molecule has 1 aromatic heterocycles. The van der Waals surface area contributed by atoms with Crippen molar-refractivity contribution < 1.29 is 0 Å². The molecular formula is C11H18N2S. The summed E-state index contributed by atoms with van der Waals surface area (Å²) in [5, 5.41) is 3.47. The van der Waals surface area contributed by atoms with Crippen molar-refractivity contribution in [3.8, 4) is 0 Å². The average molecular weight is 210 g/mol. The molecule has 2 nitrogen and oxygen atoms in total. The molecule has 0 spiro atoms. The smallest absolute Gasteiger partial charge is 0.0444 e. The molecule has 0 aliphatic carbocycles. The van der Waals surface area contributed by atoms with Crippen molar-refractivity contribution in [2.24, 2.45) is 0 Å². The topological polar surface area (TPSA) is 24.9 Å². The van der Waals surface area contributed by atoms with E-state index in [0.29, 0.717) is 11.8 Å². The SMILES string of the molecule is CC(C)c1cnsc1C1CCCNC1. The normalized spacial score (nSPS) is 22.9. The number of hydrogen-bond acceptors (Lipinski definition) is 3. The first-order chi connectivity index (χ1) is 6.79. The van der Waals surface area contributed by atoms with Crippen LogP contribution in [0, 0.1) is 0 Å². The standard InChI is InChI=1S/C11H18N2S/c1-8(2)10-7-13-14-11(10)9-4-3-5-12-6-9/h7-9,12H,3-6H2,1-2H3. The van der Waals surface area contributed by atoms with Gasteiger partial charge in [0.2, 0.25) is 0 Å². The van der Waals surface area contributed by atoms with Gasteiger partial charge in [-0.25, -0.2) is 4.37 Å². The lowest BCUT2D eigenvalue weighted by Crippen LogP contribution is -2.28. The van der Waals surface area contributed by atoms with Crippen LogP contribution in [0.1, 0.15) is 49.0 Å². The molecule has 1 fully saturated rings. The maximum atomic E-state index is 4.33. The first-order valence-electron chi connectivity index (χ1n) is 5.44. The van der Waals surface area contributed by atoms with Crippen molar-refractivity contribution in [2.45, 2.75) is 38.5 Å². The zero-order chi connectivity index (χ0) is 9.97. The summed E-state index contributed by atoms with van der Waals surface area (Å²) >= 11 is 1.69. The van der Waals surface area contributed by atoms with Gasteiger partial charge in [-0.2, -0.15) is 0 Å². The summed E-state index contributed by atoms with van der Waals surface area (Å²) in [5.74, 6) is 1.33. The number of piperidine rings is 1. The van der Waals surface area contributed by atoms with E-state index < -0.39 is 0 Å². The van der Waals surface area contributed by atoms with Crippen molar-refractivity contribution in [1.29, 1.82) is 0 Å². The van der Waals surface area contributed by atoms with E-state index in [-0.39, 0.29) is 0 Å². The highest BCUT2D eigenvalue weighted by molar-refractivity contribution is 7.06. The van der Waals surface area contributed by atoms with Crippen LogP contribution in [0.15, 0.2) is 6.20 Å².